The molecular formula is C15H15N3O2S. The van der Waals surface area contributed by atoms with Crippen LogP contribution in [0.1, 0.15) is 30.9 Å². The van der Waals surface area contributed by atoms with Gasteiger partial charge < -0.3 is 9.72 Å². The van der Waals surface area contributed by atoms with Crippen molar-refractivity contribution in [2.45, 2.75) is 39.4 Å². The summed E-state index contributed by atoms with van der Waals surface area (Å²) in [6, 6.07) is 2.08. The minimum absolute atomic E-state index is 0.0879. The van der Waals surface area contributed by atoms with Crippen molar-refractivity contribution in [2.24, 2.45) is 0 Å². The Balaban J connectivity index is 2.05. The molecule has 0 aliphatic carbocycles. The molecule has 4 rings (SSSR count). The van der Waals surface area contributed by atoms with E-state index < -0.39 is 0 Å². The fourth-order valence-electron chi connectivity index (χ4n) is 2.78. The van der Waals surface area contributed by atoms with E-state index in [-0.39, 0.29) is 11.2 Å². The fraction of sp³-hybridized carbons (Fsp3) is 0.400. The second-order valence-corrected chi connectivity index (χ2v) is 7.10. The van der Waals surface area contributed by atoms with Crippen LogP contribution in [0.5, 0.6) is 0 Å². The molecule has 6 heteroatoms. The van der Waals surface area contributed by atoms with E-state index in [4.69, 9.17) is 9.72 Å². The van der Waals surface area contributed by atoms with Gasteiger partial charge in [-0.25, -0.2) is 9.97 Å². The van der Waals surface area contributed by atoms with E-state index in [1.165, 1.54) is 11.3 Å². The van der Waals surface area contributed by atoms with Crippen LogP contribution in [0, 0.1) is 6.92 Å². The van der Waals surface area contributed by atoms with Gasteiger partial charge in [0.25, 0.3) is 5.56 Å². The first-order chi connectivity index (χ1) is 9.93. The molecule has 21 heavy (non-hydrogen) atoms. The molecule has 0 bridgehead atoms. The summed E-state index contributed by atoms with van der Waals surface area (Å²) in [5, 5.41) is 0.950. The summed E-state index contributed by atoms with van der Waals surface area (Å²) in [7, 11) is 0. The number of aryl methyl sites for hydroxylation is 1. The highest BCUT2D eigenvalue weighted by Gasteiger charge is 2.28. The van der Waals surface area contributed by atoms with Gasteiger partial charge in [0.15, 0.2) is 0 Å². The Hall–Kier alpha value is -1.79. The minimum atomic E-state index is -0.184. The molecule has 0 saturated heterocycles. The molecule has 1 aliphatic heterocycles. The first-order valence-electron chi connectivity index (χ1n) is 6.89. The Bertz CT molecular complexity index is 939. The van der Waals surface area contributed by atoms with Gasteiger partial charge in [-0.3, -0.25) is 4.79 Å². The lowest BCUT2D eigenvalue weighted by Crippen LogP contribution is -2.32. The molecule has 1 N–H and O–H groups in total. The molecule has 0 saturated carbocycles. The molecule has 0 spiro atoms. The van der Waals surface area contributed by atoms with Crippen LogP contribution in [0.3, 0.4) is 0 Å². The van der Waals surface area contributed by atoms with E-state index in [9.17, 15) is 4.79 Å². The van der Waals surface area contributed by atoms with Crippen molar-refractivity contribution in [3.8, 4) is 0 Å². The van der Waals surface area contributed by atoms with E-state index in [1.807, 2.05) is 0 Å². The molecule has 3 aromatic rings. The maximum Gasteiger partial charge on any atom is 0.268 e. The number of aromatic nitrogens is 3. The molecular weight excluding hydrogens is 286 g/mol. The Morgan fingerprint density at radius 3 is 3.00 bits per heavy atom. The smallest absolute Gasteiger partial charge is 0.268 e. The van der Waals surface area contributed by atoms with Gasteiger partial charge in [-0.2, -0.15) is 0 Å². The van der Waals surface area contributed by atoms with Gasteiger partial charge in [0.2, 0.25) is 0 Å². The molecule has 108 valence electrons. The topological polar surface area (TPSA) is 67.9 Å². The van der Waals surface area contributed by atoms with Crippen molar-refractivity contribution in [2.75, 3.05) is 0 Å². The first kappa shape index (κ1) is 12.9. The van der Waals surface area contributed by atoms with Gasteiger partial charge in [0.05, 0.1) is 23.4 Å². The van der Waals surface area contributed by atoms with Crippen molar-refractivity contribution in [1.29, 1.82) is 0 Å². The summed E-state index contributed by atoms with van der Waals surface area (Å²) in [5.74, 6) is 0.627. The number of H-pyrrole nitrogens is 1. The van der Waals surface area contributed by atoms with Crippen molar-refractivity contribution in [3.05, 3.63) is 33.5 Å². The Morgan fingerprint density at radius 2 is 2.19 bits per heavy atom. The van der Waals surface area contributed by atoms with Gasteiger partial charge in [0.1, 0.15) is 15.4 Å². The monoisotopic (exact) mass is 301 g/mol. The van der Waals surface area contributed by atoms with Crippen LogP contribution >= 0.6 is 11.3 Å². The van der Waals surface area contributed by atoms with Gasteiger partial charge in [-0.1, -0.05) is 0 Å². The first-order valence-corrected chi connectivity index (χ1v) is 7.70. The summed E-state index contributed by atoms with van der Waals surface area (Å²) in [6.45, 7) is 6.50. The van der Waals surface area contributed by atoms with E-state index in [0.29, 0.717) is 17.1 Å². The highest BCUT2D eigenvalue weighted by atomic mass is 32.1. The van der Waals surface area contributed by atoms with Crippen LogP contribution in [0.25, 0.3) is 20.4 Å². The van der Waals surface area contributed by atoms with Gasteiger partial charge >= 0.3 is 0 Å². The Labute approximate surface area is 125 Å². The summed E-state index contributed by atoms with van der Waals surface area (Å²) >= 11 is 1.41. The Morgan fingerprint density at radius 1 is 1.38 bits per heavy atom. The van der Waals surface area contributed by atoms with Crippen molar-refractivity contribution < 1.29 is 4.74 Å². The number of fused-ring (bicyclic) bond motifs is 4. The molecule has 0 unspecified atom stereocenters. The van der Waals surface area contributed by atoms with Crippen molar-refractivity contribution in [1.82, 2.24) is 15.0 Å². The zero-order chi connectivity index (χ0) is 14.8. The van der Waals surface area contributed by atoms with E-state index in [0.717, 1.165) is 33.4 Å². The number of nitrogens with one attached hydrogen (secondary N) is 1. The van der Waals surface area contributed by atoms with Gasteiger partial charge in [0, 0.05) is 17.4 Å². The lowest BCUT2D eigenvalue weighted by Gasteiger charge is -2.30. The predicted octanol–water partition coefficient (Wildman–Crippen LogP) is 2.69. The molecule has 0 fully saturated rings. The van der Waals surface area contributed by atoms with Crippen molar-refractivity contribution >= 4 is 31.8 Å². The average molecular weight is 301 g/mol. The minimum Gasteiger partial charge on any atom is -0.370 e. The van der Waals surface area contributed by atoms with Crippen LogP contribution in [-0.4, -0.2) is 20.6 Å². The van der Waals surface area contributed by atoms with Crippen LogP contribution in [0.15, 0.2) is 10.9 Å². The molecule has 3 aromatic heterocycles. The van der Waals surface area contributed by atoms with Gasteiger partial charge in [-0.15, -0.1) is 11.3 Å². The summed E-state index contributed by atoms with van der Waals surface area (Å²) in [6.07, 6.45) is 0.787. The fourth-order valence-corrected chi connectivity index (χ4v) is 3.79. The zero-order valence-corrected chi connectivity index (χ0v) is 12.9. The van der Waals surface area contributed by atoms with Crippen LogP contribution in [0.4, 0.5) is 0 Å². The lowest BCUT2D eigenvalue weighted by molar-refractivity contribution is -0.0411. The van der Waals surface area contributed by atoms with Crippen LogP contribution in [-0.2, 0) is 17.8 Å². The third kappa shape index (κ3) is 1.98. The molecule has 0 amide bonds. The quantitative estimate of drug-likeness (QED) is 0.693. The lowest BCUT2D eigenvalue weighted by atomic mass is 9.95. The molecule has 0 atom stereocenters. The molecule has 0 aromatic carbocycles. The van der Waals surface area contributed by atoms with Crippen LogP contribution < -0.4 is 5.56 Å². The SMILES string of the molecule is Cc1nc2c(sc3nc4c(cc32)COC(C)(C)C4)c(=O)[nH]1. The maximum absolute atomic E-state index is 12.1. The predicted molar refractivity (Wildman–Crippen MR) is 82.9 cm³/mol. The number of rotatable bonds is 0. The second-order valence-electron chi connectivity index (χ2n) is 6.10. The third-order valence-corrected chi connectivity index (χ3v) is 4.90. The number of thiophene rings is 1. The Kier molecular flexibility index (Phi) is 2.53. The molecule has 1 aliphatic rings. The largest absolute Gasteiger partial charge is 0.370 e. The highest BCUT2D eigenvalue weighted by Crippen LogP contribution is 2.34. The normalized spacial score (nSPS) is 17.3. The van der Waals surface area contributed by atoms with Crippen molar-refractivity contribution in [3.63, 3.8) is 0 Å². The number of pyridine rings is 1. The highest BCUT2D eigenvalue weighted by molar-refractivity contribution is 7.25. The number of ether oxygens (including phenoxy) is 1. The number of nitrogens with zero attached hydrogens (tertiary/aromatic N) is 2. The third-order valence-electron chi connectivity index (χ3n) is 3.82. The number of aromatic amines is 1. The molecule has 4 heterocycles. The standard InChI is InChI=1S/C15H15N3O2S/c1-7-16-11-9-4-8-6-20-15(2,3)5-10(8)18-14(9)21-12(11)13(19)17-7/h4H,5-6H2,1-3H3,(H,16,17,19). The molecule has 5 nitrogen and oxygen atoms in total. The van der Waals surface area contributed by atoms with E-state index >= 15 is 0 Å². The molecule has 0 radical (unpaired) electrons. The van der Waals surface area contributed by atoms with Gasteiger partial charge in [-0.05, 0) is 26.8 Å². The van der Waals surface area contributed by atoms with Crippen LogP contribution in [0.2, 0.25) is 0 Å². The van der Waals surface area contributed by atoms with E-state index in [1.54, 1.807) is 6.92 Å². The maximum atomic E-state index is 12.1. The number of hydrogen-bond acceptors (Lipinski definition) is 5. The average Bonchev–Trinajstić information content (AvgIpc) is 2.73. The zero-order valence-electron chi connectivity index (χ0n) is 12.1. The summed E-state index contributed by atoms with van der Waals surface area (Å²) in [4.78, 5) is 24.9. The summed E-state index contributed by atoms with van der Waals surface area (Å²) in [5.41, 5.74) is 2.64. The summed E-state index contributed by atoms with van der Waals surface area (Å²) < 4.78 is 6.50. The second kappa shape index (κ2) is 4.11. The van der Waals surface area contributed by atoms with E-state index in [2.05, 4.69) is 29.9 Å². The number of hydrogen-bond donors (Lipinski definition) is 1.